The van der Waals surface area contributed by atoms with Crippen LogP contribution in [0, 0.1) is 12.8 Å². The molecule has 0 N–H and O–H groups in total. The summed E-state index contributed by atoms with van der Waals surface area (Å²) in [4.78, 5) is 17.9. The molecule has 4 rings (SSSR count). The van der Waals surface area contributed by atoms with Crippen LogP contribution >= 0.6 is 0 Å². The Bertz CT molecular complexity index is 1010. The summed E-state index contributed by atoms with van der Waals surface area (Å²) >= 11 is 0. The largest absolute Gasteiger partial charge is 0.280 e. The van der Waals surface area contributed by atoms with Gasteiger partial charge in [0.25, 0.3) is 0 Å². The van der Waals surface area contributed by atoms with Gasteiger partial charge >= 0.3 is 0 Å². The molecule has 0 aromatic carbocycles. The molecule has 126 valence electrons. The molecule has 0 spiro atoms. The van der Waals surface area contributed by atoms with Crippen molar-refractivity contribution in [2.45, 2.75) is 27.2 Å². The van der Waals surface area contributed by atoms with Gasteiger partial charge < -0.3 is 0 Å². The first-order valence-corrected chi connectivity index (χ1v) is 8.30. The van der Waals surface area contributed by atoms with Crippen molar-refractivity contribution in [1.29, 1.82) is 0 Å². The predicted molar refractivity (Wildman–Crippen MR) is 94.4 cm³/mol. The van der Waals surface area contributed by atoms with E-state index in [4.69, 9.17) is 10.1 Å². The van der Waals surface area contributed by atoms with E-state index in [2.05, 4.69) is 28.8 Å². The van der Waals surface area contributed by atoms with Gasteiger partial charge in [0.1, 0.15) is 5.69 Å². The van der Waals surface area contributed by atoms with Gasteiger partial charge in [0.05, 0.1) is 17.6 Å². The maximum Gasteiger partial charge on any atom is 0.234 e. The lowest BCUT2D eigenvalue weighted by atomic mass is 10.1. The first kappa shape index (κ1) is 15.4. The molecule has 0 amide bonds. The van der Waals surface area contributed by atoms with Crippen molar-refractivity contribution in [2.24, 2.45) is 5.92 Å². The Kier molecular flexibility index (Phi) is 3.76. The van der Waals surface area contributed by atoms with Crippen molar-refractivity contribution in [2.75, 3.05) is 0 Å². The van der Waals surface area contributed by atoms with Crippen LogP contribution in [0.15, 0.2) is 43.0 Å². The standard InChI is InChI=1S/C18H19N7/c1-12(2)10-15-22-17(25(23-15)14-6-4-7-19-11-14)16-13(3)21-18-20-8-5-9-24(16)18/h4-9,11-12H,10H2,1-3H3. The molecule has 4 aromatic rings. The number of imidazole rings is 1. The fourth-order valence-electron chi connectivity index (χ4n) is 2.89. The van der Waals surface area contributed by atoms with E-state index in [1.807, 2.05) is 40.4 Å². The minimum absolute atomic E-state index is 0.475. The zero-order chi connectivity index (χ0) is 17.4. The second-order valence-corrected chi connectivity index (χ2v) is 6.41. The van der Waals surface area contributed by atoms with Crippen LogP contribution in [0.25, 0.3) is 23.0 Å². The maximum absolute atomic E-state index is 4.82. The highest BCUT2D eigenvalue weighted by Crippen LogP contribution is 2.25. The van der Waals surface area contributed by atoms with Crippen LogP contribution in [-0.4, -0.2) is 34.1 Å². The van der Waals surface area contributed by atoms with Crippen molar-refractivity contribution < 1.29 is 0 Å². The minimum Gasteiger partial charge on any atom is -0.280 e. The number of hydrogen-bond acceptors (Lipinski definition) is 5. The molecule has 7 nitrogen and oxygen atoms in total. The van der Waals surface area contributed by atoms with Crippen LogP contribution in [0.5, 0.6) is 0 Å². The van der Waals surface area contributed by atoms with Gasteiger partial charge in [0.15, 0.2) is 11.6 Å². The normalized spacial score (nSPS) is 11.5. The smallest absolute Gasteiger partial charge is 0.234 e. The molecule has 0 saturated carbocycles. The summed E-state index contributed by atoms with van der Waals surface area (Å²) in [5.41, 5.74) is 2.64. The summed E-state index contributed by atoms with van der Waals surface area (Å²) in [5.74, 6) is 2.69. The SMILES string of the molecule is Cc1nc2ncccn2c1-c1nc(CC(C)C)nn1-c1cccnc1. The van der Waals surface area contributed by atoms with Crippen LogP contribution in [-0.2, 0) is 6.42 Å². The van der Waals surface area contributed by atoms with E-state index in [0.29, 0.717) is 11.7 Å². The van der Waals surface area contributed by atoms with Gasteiger partial charge in [-0.15, -0.1) is 0 Å². The minimum atomic E-state index is 0.475. The second kappa shape index (κ2) is 6.08. The van der Waals surface area contributed by atoms with Gasteiger partial charge in [-0.3, -0.25) is 9.38 Å². The zero-order valence-electron chi connectivity index (χ0n) is 14.5. The summed E-state index contributed by atoms with van der Waals surface area (Å²) in [6.07, 6.45) is 8.03. The lowest BCUT2D eigenvalue weighted by molar-refractivity contribution is 0.618. The summed E-state index contributed by atoms with van der Waals surface area (Å²) in [6.45, 7) is 6.29. The third kappa shape index (κ3) is 2.77. The molecule has 7 heteroatoms. The van der Waals surface area contributed by atoms with E-state index in [1.165, 1.54) is 0 Å². The van der Waals surface area contributed by atoms with Crippen molar-refractivity contribution >= 4 is 5.78 Å². The molecule has 0 atom stereocenters. The summed E-state index contributed by atoms with van der Waals surface area (Å²) in [5, 5.41) is 4.73. The van der Waals surface area contributed by atoms with Crippen LogP contribution in [0.2, 0.25) is 0 Å². The summed E-state index contributed by atoms with van der Waals surface area (Å²) in [6, 6.07) is 5.75. The third-order valence-electron chi connectivity index (χ3n) is 3.92. The summed E-state index contributed by atoms with van der Waals surface area (Å²) < 4.78 is 3.79. The first-order chi connectivity index (χ1) is 12.1. The van der Waals surface area contributed by atoms with Gasteiger partial charge in [-0.25, -0.2) is 19.6 Å². The molecule has 0 fully saturated rings. The Hall–Kier alpha value is -3.09. The molecule has 0 unspecified atom stereocenters. The highest BCUT2D eigenvalue weighted by molar-refractivity contribution is 5.61. The molecule has 0 radical (unpaired) electrons. The van der Waals surface area contributed by atoms with Gasteiger partial charge in [-0.2, -0.15) is 5.10 Å². The maximum atomic E-state index is 4.82. The molecule has 4 heterocycles. The highest BCUT2D eigenvalue weighted by atomic mass is 15.4. The van der Waals surface area contributed by atoms with Gasteiger partial charge in [0, 0.05) is 25.0 Å². The van der Waals surface area contributed by atoms with E-state index in [1.54, 1.807) is 18.6 Å². The average molecular weight is 333 g/mol. The van der Waals surface area contributed by atoms with E-state index in [-0.39, 0.29) is 0 Å². The number of aromatic nitrogens is 7. The molecule has 0 bridgehead atoms. The molecule has 25 heavy (non-hydrogen) atoms. The van der Waals surface area contributed by atoms with Gasteiger partial charge in [-0.1, -0.05) is 13.8 Å². The number of fused-ring (bicyclic) bond motifs is 1. The van der Waals surface area contributed by atoms with E-state index in [9.17, 15) is 0 Å². The Morgan fingerprint density at radius 2 is 2.00 bits per heavy atom. The summed E-state index contributed by atoms with van der Waals surface area (Å²) in [7, 11) is 0. The predicted octanol–water partition coefficient (Wildman–Crippen LogP) is 2.88. The second-order valence-electron chi connectivity index (χ2n) is 6.41. The van der Waals surface area contributed by atoms with Gasteiger partial charge in [0.2, 0.25) is 5.78 Å². The fourth-order valence-corrected chi connectivity index (χ4v) is 2.89. The molecule has 0 saturated heterocycles. The zero-order valence-corrected chi connectivity index (χ0v) is 14.5. The average Bonchev–Trinajstić information content (AvgIpc) is 3.14. The third-order valence-corrected chi connectivity index (χ3v) is 3.92. The topological polar surface area (TPSA) is 73.8 Å². The Labute approximate surface area is 145 Å². The molecule has 0 aliphatic rings. The number of aryl methyl sites for hydroxylation is 1. The molecular weight excluding hydrogens is 314 g/mol. The Balaban J connectivity index is 1.96. The number of pyridine rings is 1. The van der Waals surface area contributed by atoms with Crippen LogP contribution in [0.4, 0.5) is 0 Å². The fraction of sp³-hybridized carbons (Fsp3) is 0.278. The number of nitrogens with zero attached hydrogens (tertiary/aromatic N) is 7. The van der Waals surface area contributed by atoms with E-state index < -0.39 is 0 Å². The van der Waals surface area contributed by atoms with Crippen LogP contribution in [0.3, 0.4) is 0 Å². The lowest BCUT2D eigenvalue weighted by Crippen LogP contribution is -2.03. The van der Waals surface area contributed by atoms with E-state index >= 15 is 0 Å². The van der Waals surface area contributed by atoms with Crippen molar-refractivity contribution in [1.82, 2.24) is 34.1 Å². The van der Waals surface area contributed by atoms with Crippen LogP contribution in [0.1, 0.15) is 25.4 Å². The van der Waals surface area contributed by atoms with Crippen molar-refractivity contribution in [3.8, 4) is 17.2 Å². The Morgan fingerprint density at radius 1 is 1.12 bits per heavy atom. The van der Waals surface area contributed by atoms with Gasteiger partial charge in [-0.05, 0) is 31.0 Å². The molecule has 0 aliphatic heterocycles. The number of rotatable bonds is 4. The highest BCUT2D eigenvalue weighted by Gasteiger charge is 2.20. The van der Waals surface area contributed by atoms with Crippen LogP contribution < -0.4 is 0 Å². The lowest BCUT2D eigenvalue weighted by Gasteiger charge is -2.05. The first-order valence-electron chi connectivity index (χ1n) is 8.30. The monoisotopic (exact) mass is 333 g/mol. The molecule has 0 aliphatic carbocycles. The quantitative estimate of drug-likeness (QED) is 0.574. The van der Waals surface area contributed by atoms with Crippen molar-refractivity contribution in [3.05, 3.63) is 54.5 Å². The van der Waals surface area contributed by atoms with E-state index in [0.717, 1.165) is 35.1 Å². The Morgan fingerprint density at radius 3 is 2.76 bits per heavy atom. The molecule has 4 aromatic heterocycles. The molecular formula is C18H19N7. The number of hydrogen-bond donors (Lipinski definition) is 0. The van der Waals surface area contributed by atoms with Crippen molar-refractivity contribution in [3.63, 3.8) is 0 Å².